The van der Waals surface area contributed by atoms with Gasteiger partial charge in [0.25, 0.3) is 0 Å². The first kappa shape index (κ1) is 26.7. The topological polar surface area (TPSA) is 218 Å². The van der Waals surface area contributed by atoms with E-state index in [0.717, 1.165) is 0 Å². The van der Waals surface area contributed by atoms with E-state index < -0.39 is 79.0 Å². The third-order valence-electron chi connectivity index (χ3n) is 4.97. The van der Waals surface area contributed by atoms with Gasteiger partial charge in [0, 0.05) is 12.3 Å². The zero-order chi connectivity index (χ0) is 23.9. The van der Waals surface area contributed by atoms with Crippen LogP contribution in [0.15, 0.2) is 0 Å². The zero-order valence-electron chi connectivity index (χ0n) is 17.6. The molecule has 178 valence electrons. The SMILES string of the molecule is C[C@H](NC(=O)[C@@H](C)O[C@H]1C(O)C(CO)OC(O)[C@H]1C)C(=O)N[C@H](CCC(=O)O)C(N)=O. The molecule has 3 amide bonds. The summed E-state index contributed by atoms with van der Waals surface area (Å²) in [7, 11) is 0. The highest BCUT2D eigenvalue weighted by Crippen LogP contribution is 2.27. The molecule has 0 spiro atoms. The van der Waals surface area contributed by atoms with E-state index in [0.29, 0.717) is 0 Å². The zero-order valence-corrected chi connectivity index (χ0v) is 17.6. The molecule has 3 unspecified atom stereocenters. The first-order valence-corrected chi connectivity index (χ1v) is 9.78. The van der Waals surface area contributed by atoms with Crippen LogP contribution in [0.25, 0.3) is 0 Å². The summed E-state index contributed by atoms with van der Waals surface area (Å²) in [6.07, 6.45) is -6.47. The Bertz CT molecular complexity index is 660. The third-order valence-corrected chi connectivity index (χ3v) is 4.97. The highest BCUT2D eigenvalue weighted by molar-refractivity contribution is 5.92. The Morgan fingerprint density at radius 1 is 1.13 bits per heavy atom. The minimum Gasteiger partial charge on any atom is -0.481 e. The van der Waals surface area contributed by atoms with Crippen molar-refractivity contribution in [2.45, 2.75) is 76.4 Å². The molecule has 0 saturated carbocycles. The van der Waals surface area contributed by atoms with E-state index in [4.69, 9.17) is 20.3 Å². The lowest BCUT2D eigenvalue weighted by atomic mass is 9.92. The maximum Gasteiger partial charge on any atom is 0.303 e. The number of rotatable bonds is 11. The van der Waals surface area contributed by atoms with Gasteiger partial charge in [0.15, 0.2) is 6.29 Å². The summed E-state index contributed by atoms with van der Waals surface area (Å²) in [6.45, 7) is 3.68. The summed E-state index contributed by atoms with van der Waals surface area (Å²) >= 11 is 0. The molecule has 8 N–H and O–H groups in total. The fraction of sp³-hybridized carbons (Fsp3) is 0.778. The minimum atomic E-state index is -1.32. The second-order valence-electron chi connectivity index (χ2n) is 7.47. The van der Waals surface area contributed by atoms with E-state index >= 15 is 0 Å². The van der Waals surface area contributed by atoms with Gasteiger partial charge in [-0.15, -0.1) is 0 Å². The lowest BCUT2D eigenvalue weighted by molar-refractivity contribution is -0.278. The smallest absolute Gasteiger partial charge is 0.303 e. The Morgan fingerprint density at radius 3 is 2.26 bits per heavy atom. The quantitative estimate of drug-likeness (QED) is 0.167. The molecule has 1 heterocycles. The number of carbonyl (C=O) groups excluding carboxylic acids is 3. The van der Waals surface area contributed by atoms with Gasteiger partial charge in [0.1, 0.15) is 30.4 Å². The first-order valence-electron chi connectivity index (χ1n) is 9.78. The summed E-state index contributed by atoms with van der Waals surface area (Å²) in [5, 5.41) is 42.7. The molecule has 0 aromatic rings. The van der Waals surface area contributed by atoms with Crippen LogP contribution in [-0.2, 0) is 28.7 Å². The number of primary amides is 1. The second kappa shape index (κ2) is 11.9. The van der Waals surface area contributed by atoms with Gasteiger partial charge < -0.3 is 46.3 Å². The molecule has 0 bridgehead atoms. The molecular weight excluding hydrogens is 418 g/mol. The fourth-order valence-corrected chi connectivity index (χ4v) is 2.97. The Hall–Kier alpha value is -2.32. The number of ether oxygens (including phenoxy) is 2. The van der Waals surface area contributed by atoms with Gasteiger partial charge in [0.05, 0.1) is 12.7 Å². The van der Waals surface area contributed by atoms with Crippen LogP contribution in [0.2, 0.25) is 0 Å². The highest BCUT2D eigenvalue weighted by atomic mass is 16.6. The number of carboxylic acid groups (broad SMARTS) is 1. The normalized spacial score (nSPS) is 28.8. The van der Waals surface area contributed by atoms with Gasteiger partial charge in [-0.05, 0) is 20.3 Å². The molecule has 31 heavy (non-hydrogen) atoms. The molecule has 8 atom stereocenters. The van der Waals surface area contributed by atoms with E-state index in [9.17, 15) is 34.5 Å². The lowest BCUT2D eigenvalue weighted by Crippen LogP contribution is -2.58. The van der Waals surface area contributed by atoms with Gasteiger partial charge in [-0.2, -0.15) is 0 Å². The molecule has 0 radical (unpaired) electrons. The summed E-state index contributed by atoms with van der Waals surface area (Å²) in [4.78, 5) is 46.7. The van der Waals surface area contributed by atoms with Crippen molar-refractivity contribution in [3.8, 4) is 0 Å². The third kappa shape index (κ3) is 7.70. The number of aliphatic carboxylic acids is 1. The Kier molecular flexibility index (Phi) is 10.3. The van der Waals surface area contributed by atoms with E-state index in [1.807, 2.05) is 0 Å². The molecule has 1 fully saturated rings. The molecule has 1 saturated heterocycles. The number of amides is 3. The van der Waals surface area contributed by atoms with Crippen molar-refractivity contribution in [2.75, 3.05) is 6.61 Å². The molecular formula is C18H31N3O10. The largest absolute Gasteiger partial charge is 0.481 e. The van der Waals surface area contributed by atoms with Crippen molar-refractivity contribution in [3.63, 3.8) is 0 Å². The van der Waals surface area contributed by atoms with Crippen LogP contribution in [0.1, 0.15) is 33.6 Å². The van der Waals surface area contributed by atoms with Crippen LogP contribution in [0.3, 0.4) is 0 Å². The van der Waals surface area contributed by atoms with Crippen LogP contribution in [0, 0.1) is 5.92 Å². The van der Waals surface area contributed by atoms with Gasteiger partial charge in [-0.25, -0.2) is 0 Å². The Balaban J connectivity index is 2.66. The van der Waals surface area contributed by atoms with E-state index in [1.165, 1.54) is 20.8 Å². The van der Waals surface area contributed by atoms with E-state index in [1.54, 1.807) is 0 Å². The van der Waals surface area contributed by atoms with E-state index in [2.05, 4.69) is 10.6 Å². The Morgan fingerprint density at radius 2 is 1.74 bits per heavy atom. The van der Waals surface area contributed by atoms with Crippen LogP contribution >= 0.6 is 0 Å². The average Bonchev–Trinajstić information content (AvgIpc) is 2.69. The maximum absolute atomic E-state index is 12.4. The van der Waals surface area contributed by atoms with Crippen LogP contribution in [-0.4, -0.2) is 93.5 Å². The number of carboxylic acids is 1. The summed E-state index contributed by atoms with van der Waals surface area (Å²) in [5.74, 6) is -4.26. The molecule has 0 aliphatic carbocycles. The molecule has 1 aliphatic heterocycles. The van der Waals surface area contributed by atoms with Crippen molar-refractivity contribution in [1.29, 1.82) is 0 Å². The van der Waals surface area contributed by atoms with Gasteiger partial charge in [-0.3, -0.25) is 19.2 Å². The minimum absolute atomic E-state index is 0.204. The summed E-state index contributed by atoms with van der Waals surface area (Å²) < 4.78 is 10.6. The molecule has 13 heteroatoms. The van der Waals surface area contributed by atoms with Crippen LogP contribution < -0.4 is 16.4 Å². The highest BCUT2D eigenvalue weighted by Gasteiger charge is 2.44. The van der Waals surface area contributed by atoms with Crippen molar-refractivity contribution >= 4 is 23.7 Å². The molecule has 0 aromatic heterocycles. The van der Waals surface area contributed by atoms with Crippen LogP contribution in [0.4, 0.5) is 0 Å². The summed E-state index contributed by atoms with van der Waals surface area (Å²) in [5.41, 5.74) is 5.16. The average molecular weight is 449 g/mol. The van der Waals surface area contributed by atoms with E-state index in [-0.39, 0.29) is 12.8 Å². The van der Waals surface area contributed by atoms with Crippen molar-refractivity contribution < 1.29 is 49.1 Å². The number of carbonyl (C=O) groups is 4. The van der Waals surface area contributed by atoms with Crippen molar-refractivity contribution in [3.05, 3.63) is 0 Å². The standard InChI is InChI=1S/C18H31N3O10/c1-7-14(13(25)11(6-22)31-18(7)29)30-9(3)17(28)20-8(2)16(27)21-10(15(19)26)4-5-12(23)24/h7-11,13-14,18,22,25,29H,4-6H2,1-3H3,(H2,19,26)(H,20,28)(H,21,27)(H,23,24)/t7-,8-,9+,10+,11?,13?,14+,18?/m0/s1. The maximum atomic E-state index is 12.4. The number of aliphatic hydroxyl groups is 3. The summed E-state index contributed by atoms with van der Waals surface area (Å²) in [6, 6.07) is -2.33. The molecule has 1 rings (SSSR count). The number of hydrogen-bond acceptors (Lipinski definition) is 9. The van der Waals surface area contributed by atoms with Crippen molar-refractivity contribution in [1.82, 2.24) is 10.6 Å². The lowest BCUT2D eigenvalue weighted by Gasteiger charge is -2.41. The monoisotopic (exact) mass is 449 g/mol. The van der Waals surface area contributed by atoms with Gasteiger partial charge in [-0.1, -0.05) is 6.92 Å². The predicted octanol–water partition coefficient (Wildman–Crippen LogP) is -3.19. The predicted molar refractivity (Wildman–Crippen MR) is 103 cm³/mol. The van der Waals surface area contributed by atoms with Gasteiger partial charge in [0.2, 0.25) is 17.7 Å². The molecule has 0 aromatic carbocycles. The van der Waals surface area contributed by atoms with Crippen LogP contribution in [0.5, 0.6) is 0 Å². The van der Waals surface area contributed by atoms with Gasteiger partial charge >= 0.3 is 5.97 Å². The number of aliphatic hydroxyl groups excluding tert-OH is 3. The number of nitrogens with two attached hydrogens (primary N) is 1. The number of hydrogen-bond donors (Lipinski definition) is 7. The number of nitrogens with one attached hydrogen (secondary N) is 2. The van der Waals surface area contributed by atoms with Crippen molar-refractivity contribution in [2.24, 2.45) is 11.7 Å². The molecule has 1 aliphatic rings. The molecule has 13 nitrogen and oxygen atoms in total. The fourth-order valence-electron chi connectivity index (χ4n) is 2.97. The Labute approximate surface area is 178 Å². The first-order chi connectivity index (χ1) is 14.4. The second-order valence-corrected chi connectivity index (χ2v) is 7.47.